The van der Waals surface area contributed by atoms with Gasteiger partial charge in [0.2, 0.25) is 0 Å². The van der Waals surface area contributed by atoms with E-state index >= 15 is 0 Å². The summed E-state index contributed by atoms with van der Waals surface area (Å²) < 4.78 is 1.53. The van der Waals surface area contributed by atoms with Crippen molar-refractivity contribution >= 4 is 17.7 Å². The van der Waals surface area contributed by atoms with E-state index in [1.54, 1.807) is 24.7 Å². The van der Waals surface area contributed by atoms with Gasteiger partial charge < -0.3 is 0 Å². The highest BCUT2D eigenvalue weighted by Gasteiger charge is 2.12. The summed E-state index contributed by atoms with van der Waals surface area (Å²) in [5, 5.41) is 3.94. The molecule has 0 bridgehead atoms. The molecule has 0 atom stereocenters. The highest BCUT2D eigenvalue weighted by molar-refractivity contribution is 6.20. The average molecular weight is 161 g/mol. The third kappa shape index (κ3) is 1.07. The Balaban J connectivity index is 2.40. The van der Waals surface area contributed by atoms with Crippen LogP contribution >= 0.6 is 0 Å². The largest absolute Gasteiger partial charge is 0.292 e. The van der Waals surface area contributed by atoms with Crippen LogP contribution in [-0.4, -0.2) is 21.8 Å². The second-order valence-electron chi connectivity index (χ2n) is 2.42. The lowest BCUT2D eigenvalue weighted by Gasteiger charge is -2.05. The third-order valence-electron chi connectivity index (χ3n) is 1.62. The number of rotatable bonds is 1. The quantitative estimate of drug-likeness (QED) is 0.609. The molecule has 0 saturated carbocycles. The molecule has 0 unspecified atom stereocenters. The molecule has 0 radical (unpaired) electrons. The van der Waals surface area contributed by atoms with Crippen LogP contribution in [0.1, 0.15) is 6.42 Å². The van der Waals surface area contributed by atoms with Crippen molar-refractivity contribution in [3.05, 3.63) is 24.7 Å². The molecule has 0 amide bonds. The highest BCUT2D eigenvalue weighted by atomic mass is 16.1. The molecule has 2 rings (SSSR count). The molecule has 4 heteroatoms. The van der Waals surface area contributed by atoms with Gasteiger partial charge in [0.1, 0.15) is 5.70 Å². The summed E-state index contributed by atoms with van der Waals surface area (Å²) in [7, 11) is 0. The maximum atomic E-state index is 11.3. The number of allylic oxidation sites excluding steroid dienone is 1. The molecule has 0 aromatic carbocycles. The zero-order valence-corrected chi connectivity index (χ0v) is 6.34. The number of aliphatic imine (C=N–C) groups is 1. The Labute approximate surface area is 69.2 Å². The highest BCUT2D eigenvalue weighted by Crippen LogP contribution is 2.09. The van der Waals surface area contributed by atoms with Gasteiger partial charge in [-0.1, -0.05) is 0 Å². The summed E-state index contributed by atoms with van der Waals surface area (Å²) in [5.41, 5.74) is 0.530. The zero-order chi connectivity index (χ0) is 8.39. The van der Waals surface area contributed by atoms with Crippen LogP contribution in [0.25, 0.3) is 5.70 Å². The summed E-state index contributed by atoms with van der Waals surface area (Å²) in [6, 6.07) is 1.77. The van der Waals surface area contributed by atoms with E-state index in [2.05, 4.69) is 10.1 Å². The van der Waals surface area contributed by atoms with E-state index < -0.39 is 0 Å². The van der Waals surface area contributed by atoms with Crippen molar-refractivity contribution in [1.82, 2.24) is 9.78 Å². The van der Waals surface area contributed by atoms with Gasteiger partial charge in [0, 0.05) is 25.0 Å². The Hall–Kier alpha value is -1.71. The molecule has 12 heavy (non-hydrogen) atoms. The fourth-order valence-electron chi connectivity index (χ4n) is 1.03. The van der Waals surface area contributed by atoms with Gasteiger partial charge in [0.15, 0.2) is 5.78 Å². The molecule has 60 valence electrons. The van der Waals surface area contributed by atoms with Crippen LogP contribution in [-0.2, 0) is 4.79 Å². The minimum atomic E-state index is 0.0497. The molecule has 0 N–H and O–H groups in total. The van der Waals surface area contributed by atoms with Crippen LogP contribution in [0.2, 0.25) is 0 Å². The molecule has 0 spiro atoms. The molecule has 0 fully saturated rings. The molecule has 1 aromatic heterocycles. The van der Waals surface area contributed by atoms with E-state index in [9.17, 15) is 4.79 Å². The number of carbonyl (C=O) groups is 1. The first-order chi connectivity index (χ1) is 5.88. The van der Waals surface area contributed by atoms with Crippen molar-refractivity contribution in [2.45, 2.75) is 6.42 Å². The Bertz CT molecular complexity index is 348. The lowest BCUT2D eigenvalue weighted by Crippen LogP contribution is -2.11. The Morgan fingerprint density at radius 3 is 3.08 bits per heavy atom. The summed E-state index contributed by atoms with van der Waals surface area (Å²) in [6.07, 6.45) is 6.84. The SMILES string of the molecule is O=C1CC=NC=C1n1cccn1. The Morgan fingerprint density at radius 1 is 1.50 bits per heavy atom. The Morgan fingerprint density at radius 2 is 2.42 bits per heavy atom. The van der Waals surface area contributed by atoms with Gasteiger partial charge in [-0.15, -0.1) is 0 Å². The Kier molecular flexibility index (Phi) is 1.59. The van der Waals surface area contributed by atoms with Crippen LogP contribution in [0.15, 0.2) is 29.7 Å². The smallest absolute Gasteiger partial charge is 0.188 e. The minimum absolute atomic E-state index is 0.0497. The normalized spacial score (nSPS) is 16.3. The summed E-state index contributed by atoms with van der Waals surface area (Å²) in [6.45, 7) is 0. The molecule has 0 saturated heterocycles. The van der Waals surface area contributed by atoms with Gasteiger partial charge in [0.05, 0.1) is 6.20 Å². The topological polar surface area (TPSA) is 47.2 Å². The predicted octanol–water partition coefficient (Wildman–Crippen LogP) is 0.725. The van der Waals surface area contributed by atoms with E-state index in [-0.39, 0.29) is 5.78 Å². The predicted molar refractivity (Wildman–Crippen MR) is 44.6 cm³/mol. The molecular formula is C8H7N3O. The molecule has 1 aliphatic rings. The van der Waals surface area contributed by atoms with E-state index in [4.69, 9.17) is 0 Å². The molecule has 1 aliphatic heterocycles. The van der Waals surface area contributed by atoms with Crippen molar-refractivity contribution in [2.75, 3.05) is 0 Å². The summed E-state index contributed by atoms with van der Waals surface area (Å²) in [5.74, 6) is 0.0497. The lowest BCUT2D eigenvalue weighted by molar-refractivity contribution is -0.113. The molecular weight excluding hydrogens is 154 g/mol. The van der Waals surface area contributed by atoms with Gasteiger partial charge >= 0.3 is 0 Å². The number of ketones is 1. The first-order valence-electron chi connectivity index (χ1n) is 3.63. The second-order valence-corrected chi connectivity index (χ2v) is 2.42. The zero-order valence-electron chi connectivity index (χ0n) is 6.34. The van der Waals surface area contributed by atoms with Gasteiger partial charge in [0.25, 0.3) is 0 Å². The number of aromatic nitrogens is 2. The molecule has 1 aromatic rings. The van der Waals surface area contributed by atoms with Crippen molar-refractivity contribution in [2.24, 2.45) is 4.99 Å². The van der Waals surface area contributed by atoms with Crippen LogP contribution in [0, 0.1) is 0 Å². The van der Waals surface area contributed by atoms with Crippen molar-refractivity contribution < 1.29 is 4.79 Å². The number of hydrogen-bond acceptors (Lipinski definition) is 3. The van der Waals surface area contributed by atoms with Crippen LogP contribution < -0.4 is 0 Å². The van der Waals surface area contributed by atoms with Gasteiger partial charge in [-0.05, 0) is 6.07 Å². The number of hydrogen-bond donors (Lipinski definition) is 0. The molecule has 2 heterocycles. The molecule has 0 aliphatic carbocycles. The lowest BCUT2D eigenvalue weighted by atomic mass is 10.2. The van der Waals surface area contributed by atoms with Gasteiger partial charge in [-0.25, -0.2) is 4.68 Å². The number of carbonyl (C=O) groups excluding carboxylic acids is 1. The van der Waals surface area contributed by atoms with E-state index in [0.29, 0.717) is 12.1 Å². The maximum Gasteiger partial charge on any atom is 0.188 e. The monoisotopic (exact) mass is 161 g/mol. The van der Waals surface area contributed by atoms with Crippen LogP contribution in [0.3, 0.4) is 0 Å². The summed E-state index contributed by atoms with van der Waals surface area (Å²) >= 11 is 0. The van der Waals surface area contributed by atoms with Gasteiger partial charge in [-0.2, -0.15) is 5.10 Å². The van der Waals surface area contributed by atoms with Gasteiger partial charge in [-0.3, -0.25) is 9.79 Å². The fourth-order valence-corrected chi connectivity index (χ4v) is 1.03. The average Bonchev–Trinajstić information content (AvgIpc) is 2.57. The van der Waals surface area contributed by atoms with E-state index in [1.165, 1.54) is 10.9 Å². The third-order valence-corrected chi connectivity index (χ3v) is 1.62. The van der Waals surface area contributed by atoms with E-state index in [1.807, 2.05) is 0 Å². The number of nitrogens with zero attached hydrogens (tertiary/aromatic N) is 3. The fraction of sp³-hybridized carbons (Fsp3) is 0.125. The molecule has 4 nitrogen and oxygen atoms in total. The van der Waals surface area contributed by atoms with Crippen molar-refractivity contribution in [1.29, 1.82) is 0 Å². The second kappa shape index (κ2) is 2.73. The standard InChI is InChI=1S/C8H7N3O/c12-8-2-4-9-6-7(8)11-5-1-3-10-11/h1,3-6H,2H2. The summed E-state index contributed by atoms with van der Waals surface area (Å²) in [4.78, 5) is 15.2. The van der Waals surface area contributed by atoms with Crippen molar-refractivity contribution in [3.8, 4) is 0 Å². The van der Waals surface area contributed by atoms with E-state index in [0.717, 1.165) is 0 Å². The first-order valence-corrected chi connectivity index (χ1v) is 3.63. The minimum Gasteiger partial charge on any atom is -0.292 e. The maximum absolute atomic E-state index is 11.3. The number of Topliss-reactive ketones (excluding diaryl/α,β-unsaturated/α-hetero) is 1. The first kappa shape index (κ1) is 6.97. The van der Waals surface area contributed by atoms with Crippen LogP contribution in [0.5, 0.6) is 0 Å². The van der Waals surface area contributed by atoms with Crippen molar-refractivity contribution in [3.63, 3.8) is 0 Å². The van der Waals surface area contributed by atoms with Crippen LogP contribution in [0.4, 0.5) is 0 Å².